The molecule has 2 N–H and O–H groups in total. The van der Waals surface area contributed by atoms with Gasteiger partial charge in [0.05, 0.1) is 0 Å². The molecule has 1 saturated heterocycles. The maximum atomic E-state index is 11.9. The van der Waals surface area contributed by atoms with Crippen LogP contribution >= 0.6 is 0 Å². The van der Waals surface area contributed by atoms with Crippen molar-refractivity contribution < 1.29 is 24.2 Å². The smallest absolute Gasteiger partial charge is 0.329 e. The van der Waals surface area contributed by atoms with Gasteiger partial charge >= 0.3 is 12.0 Å². The van der Waals surface area contributed by atoms with Crippen molar-refractivity contribution in [2.75, 3.05) is 19.8 Å². The third-order valence-electron chi connectivity index (χ3n) is 3.08. The van der Waals surface area contributed by atoms with E-state index >= 15 is 0 Å². The van der Waals surface area contributed by atoms with E-state index in [1.54, 1.807) is 4.90 Å². The van der Waals surface area contributed by atoms with Crippen LogP contribution in [-0.4, -0.2) is 53.7 Å². The summed E-state index contributed by atoms with van der Waals surface area (Å²) >= 11 is 0. The summed E-state index contributed by atoms with van der Waals surface area (Å²) in [6, 6.07) is -0.341. The molecule has 1 rings (SSSR count). The quantitative estimate of drug-likeness (QED) is 0.774. The highest BCUT2D eigenvalue weighted by Gasteiger charge is 2.27. The molecule has 7 heteroatoms. The van der Waals surface area contributed by atoms with Crippen LogP contribution in [0, 0.1) is 5.92 Å². The lowest BCUT2D eigenvalue weighted by molar-refractivity contribution is -0.143. The Morgan fingerprint density at radius 3 is 2.58 bits per heavy atom. The van der Waals surface area contributed by atoms with Gasteiger partial charge in [-0.15, -0.1) is 0 Å². The minimum absolute atomic E-state index is 0.101. The van der Waals surface area contributed by atoms with Crippen LogP contribution in [0.5, 0.6) is 0 Å². The van der Waals surface area contributed by atoms with Crippen LogP contribution < -0.4 is 5.32 Å². The number of hydrogen-bond acceptors (Lipinski definition) is 4. The van der Waals surface area contributed by atoms with Gasteiger partial charge in [0, 0.05) is 12.6 Å². The Hall–Kier alpha value is -1.63. The Bertz CT molecular complexity index is 358. The Morgan fingerprint density at radius 1 is 1.26 bits per heavy atom. The molecule has 19 heavy (non-hydrogen) atoms. The van der Waals surface area contributed by atoms with E-state index in [-0.39, 0.29) is 6.04 Å². The lowest BCUT2D eigenvalue weighted by Crippen LogP contribution is -2.51. The van der Waals surface area contributed by atoms with E-state index in [1.807, 2.05) is 6.92 Å². The van der Waals surface area contributed by atoms with E-state index in [0.717, 1.165) is 12.8 Å². The first-order chi connectivity index (χ1) is 8.90. The Balaban J connectivity index is 2.36. The van der Waals surface area contributed by atoms with Crippen molar-refractivity contribution in [2.45, 2.75) is 32.7 Å². The molecule has 2 atom stereocenters. The first-order valence-electron chi connectivity index (χ1n) is 6.30. The molecule has 0 aromatic heterocycles. The number of nitrogens with one attached hydrogen (secondary N) is 1. The summed E-state index contributed by atoms with van der Waals surface area (Å²) in [6.07, 6.45) is 1.99. The van der Waals surface area contributed by atoms with E-state index in [0.29, 0.717) is 12.5 Å². The molecule has 3 amide bonds. The Labute approximate surface area is 111 Å². The third kappa shape index (κ3) is 5.25. The molecule has 7 nitrogen and oxygen atoms in total. The summed E-state index contributed by atoms with van der Waals surface area (Å²) in [5.74, 6) is -1.37. The van der Waals surface area contributed by atoms with Crippen LogP contribution in [0.2, 0.25) is 0 Å². The molecule has 0 aromatic rings. The SMILES string of the molecule is CC1CCC(C)N(C(=O)NC(=O)COCC(=O)O)C1. The third-order valence-corrected chi connectivity index (χ3v) is 3.08. The van der Waals surface area contributed by atoms with Crippen molar-refractivity contribution in [1.82, 2.24) is 10.2 Å². The lowest BCUT2D eigenvalue weighted by atomic mass is 9.95. The number of carboxylic acids is 1. The second kappa shape index (κ2) is 7.08. The molecular weight excluding hydrogens is 252 g/mol. The molecule has 0 radical (unpaired) electrons. The van der Waals surface area contributed by atoms with E-state index in [4.69, 9.17) is 5.11 Å². The second-order valence-electron chi connectivity index (χ2n) is 4.92. The van der Waals surface area contributed by atoms with Gasteiger partial charge in [-0.05, 0) is 25.7 Å². The fourth-order valence-corrected chi connectivity index (χ4v) is 2.03. The first-order valence-corrected chi connectivity index (χ1v) is 6.30. The molecule has 1 heterocycles. The average molecular weight is 272 g/mol. The minimum Gasteiger partial charge on any atom is -0.480 e. The number of urea groups is 1. The number of ether oxygens (including phenoxy) is 1. The van der Waals surface area contributed by atoms with Crippen molar-refractivity contribution >= 4 is 17.9 Å². The van der Waals surface area contributed by atoms with E-state index in [1.165, 1.54) is 0 Å². The highest BCUT2D eigenvalue weighted by molar-refractivity contribution is 5.95. The van der Waals surface area contributed by atoms with Crippen LogP contribution in [0.1, 0.15) is 26.7 Å². The van der Waals surface area contributed by atoms with Crippen LogP contribution in [0.3, 0.4) is 0 Å². The molecule has 0 aromatic carbocycles. The van der Waals surface area contributed by atoms with Crippen LogP contribution in [0.4, 0.5) is 4.79 Å². The van der Waals surface area contributed by atoms with Crippen LogP contribution in [0.25, 0.3) is 0 Å². The Morgan fingerprint density at radius 2 is 1.95 bits per heavy atom. The molecular formula is C12H20N2O5. The monoisotopic (exact) mass is 272 g/mol. The fraction of sp³-hybridized carbons (Fsp3) is 0.750. The number of carbonyl (C=O) groups excluding carboxylic acids is 2. The summed E-state index contributed by atoms with van der Waals surface area (Å²) in [6.45, 7) is 3.63. The molecule has 2 unspecified atom stereocenters. The van der Waals surface area contributed by atoms with Gasteiger partial charge in [-0.3, -0.25) is 10.1 Å². The standard InChI is InChI=1S/C12H20N2O5/c1-8-3-4-9(2)14(5-8)12(18)13-10(15)6-19-7-11(16)17/h8-9H,3-7H2,1-2H3,(H,16,17)(H,13,15,18). The van der Waals surface area contributed by atoms with Crippen molar-refractivity contribution in [3.8, 4) is 0 Å². The highest BCUT2D eigenvalue weighted by Crippen LogP contribution is 2.21. The summed E-state index contributed by atoms with van der Waals surface area (Å²) < 4.78 is 4.61. The molecule has 0 aliphatic carbocycles. The van der Waals surface area contributed by atoms with Gasteiger partial charge in [0.1, 0.15) is 13.2 Å². The van der Waals surface area contributed by atoms with Gasteiger partial charge in [-0.25, -0.2) is 9.59 Å². The van der Waals surface area contributed by atoms with Crippen molar-refractivity contribution in [1.29, 1.82) is 0 Å². The molecule has 0 saturated carbocycles. The summed E-state index contributed by atoms with van der Waals surface area (Å²) in [5, 5.41) is 10.5. The molecule has 1 fully saturated rings. The normalized spacial score (nSPS) is 22.9. The zero-order chi connectivity index (χ0) is 14.4. The van der Waals surface area contributed by atoms with Gasteiger partial charge in [-0.2, -0.15) is 0 Å². The number of nitrogens with zero attached hydrogens (tertiary/aromatic N) is 1. The van der Waals surface area contributed by atoms with Gasteiger partial charge in [0.25, 0.3) is 5.91 Å². The number of hydrogen-bond donors (Lipinski definition) is 2. The molecule has 1 aliphatic heterocycles. The number of rotatable bonds is 4. The minimum atomic E-state index is -1.15. The number of piperidine rings is 1. The lowest BCUT2D eigenvalue weighted by Gasteiger charge is -2.36. The van der Waals surface area contributed by atoms with E-state index < -0.39 is 31.1 Å². The predicted molar refractivity (Wildman–Crippen MR) is 66.6 cm³/mol. The van der Waals surface area contributed by atoms with E-state index in [9.17, 15) is 14.4 Å². The number of aliphatic carboxylic acids is 1. The average Bonchev–Trinajstić information content (AvgIpc) is 2.31. The predicted octanol–water partition coefficient (Wildman–Crippen LogP) is 0.444. The van der Waals surface area contributed by atoms with Crippen LogP contribution in [0.15, 0.2) is 0 Å². The van der Waals surface area contributed by atoms with Gasteiger partial charge in [0.2, 0.25) is 0 Å². The number of carbonyl (C=O) groups is 3. The van der Waals surface area contributed by atoms with Crippen LogP contribution in [-0.2, 0) is 14.3 Å². The fourth-order valence-electron chi connectivity index (χ4n) is 2.03. The molecule has 0 spiro atoms. The molecule has 1 aliphatic rings. The summed E-state index contributed by atoms with van der Waals surface area (Å²) in [5.41, 5.74) is 0. The molecule has 108 valence electrons. The molecule has 0 bridgehead atoms. The second-order valence-corrected chi connectivity index (χ2v) is 4.92. The maximum Gasteiger partial charge on any atom is 0.329 e. The zero-order valence-electron chi connectivity index (χ0n) is 11.2. The number of imide groups is 1. The zero-order valence-corrected chi connectivity index (χ0v) is 11.2. The first kappa shape index (κ1) is 15.4. The van der Waals surface area contributed by atoms with Gasteiger partial charge in [-0.1, -0.05) is 6.92 Å². The maximum absolute atomic E-state index is 11.9. The van der Waals surface area contributed by atoms with E-state index in [2.05, 4.69) is 17.0 Å². The topological polar surface area (TPSA) is 95.9 Å². The summed E-state index contributed by atoms with van der Waals surface area (Å²) in [4.78, 5) is 35.1. The number of amides is 3. The van der Waals surface area contributed by atoms with Gasteiger partial charge < -0.3 is 14.7 Å². The largest absolute Gasteiger partial charge is 0.480 e. The van der Waals surface area contributed by atoms with Crippen molar-refractivity contribution in [3.05, 3.63) is 0 Å². The number of carboxylic acid groups (broad SMARTS) is 1. The highest BCUT2D eigenvalue weighted by atomic mass is 16.5. The summed E-state index contributed by atoms with van der Waals surface area (Å²) in [7, 11) is 0. The van der Waals surface area contributed by atoms with Gasteiger partial charge in [0.15, 0.2) is 0 Å². The van der Waals surface area contributed by atoms with Crippen molar-refractivity contribution in [2.24, 2.45) is 5.92 Å². The van der Waals surface area contributed by atoms with Crippen molar-refractivity contribution in [3.63, 3.8) is 0 Å². The Kier molecular flexibility index (Phi) is 5.75. The number of likely N-dealkylation sites (tertiary alicyclic amines) is 1.